The van der Waals surface area contributed by atoms with Crippen LogP contribution in [0.5, 0.6) is 0 Å². The molecule has 1 amide bonds. The van der Waals surface area contributed by atoms with E-state index in [9.17, 15) is 4.79 Å². The zero-order valence-corrected chi connectivity index (χ0v) is 17.0. The minimum absolute atomic E-state index is 0.284. The Hall–Kier alpha value is -3.12. The SMILES string of the molecule is Cc1cc(C(=O)Nc2ccc(N(C)C)cc2)nc(Nc2cc(Cl)ccc2C)n1. The number of hydrogen-bond donors (Lipinski definition) is 2. The number of halogens is 1. The van der Waals surface area contributed by atoms with Crippen molar-refractivity contribution in [2.45, 2.75) is 13.8 Å². The molecule has 2 aromatic carbocycles. The van der Waals surface area contributed by atoms with Crippen LogP contribution in [0.15, 0.2) is 48.5 Å². The predicted molar refractivity (Wildman–Crippen MR) is 115 cm³/mol. The Labute approximate surface area is 169 Å². The van der Waals surface area contributed by atoms with E-state index in [0.29, 0.717) is 22.4 Å². The zero-order valence-electron chi connectivity index (χ0n) is 16.2. The standard InChI is InChI=1S/C21H22ClN5O/c1-13-5-6-15(22)12-18(13)25-21-23-14(2)11-19(26-21)20(28)24-16-7-9-17(10-8-16)27(3)4/h5-12H,1-4H3,(H,24,28)(H,23,25,26). The van der Waals surface area contributed by atoms with Crippen LogP contribution in [0.2, 0.25) is 5.02 Å². The van der Waals surface area contributed by atoms with Crippen molar-refractivity contribution in [2.24, 2.45) is 0 Å². The van der Waals surface area contributed by atoms with Crippen molar-refractivity contribution in [1.82, 2.24) is 9.97 Å². The number of benzene rings is 2. The monoisotopic (exact) mass is 395 g/mol. The average molecular weight is 396 g/mol. The number of anilines is 4. The van der Waals surface area contributed by atoms with Crippen LogP contribution < -0.4 is 15.5 Å². The van der Waals surface area contributed by atoms with Gasteiger partial charge in [0.1, 0.15) is 5.69 Å². The number of aryl methyl sites for hydroxylation is 2. The molecule has 0 fully saturated rings. The van der Waals surface area contributed by atoms with Crippen molar-refractivity contribution < 1.29 is 4.79 Å². The first-order chi connectivity index (χ1) is 13.3. The zero-order chi connectivity index (χ0) is 20.3. The molecule has 0 unspecified atom stereocenters. The lowest BCUT2D eigenvalue weighted by Crippen LogP contribution is -2.16. The topological polar surface area (TPSA) is 70.2 Å². The van der Waals surface area contributed by atoms with Gasteiger partial charge in [-0.25, -0.2) is 9.97 Å². The van der Waals surface area contributed by atoms with E-state index in [0.717, 1.165) is 16.9 Å². The van der Waals surface area contributed by atoms with Crippen LogP contribution in [0.4, 0.5) is 23.0 Å². The van der Waals surface area contributed by atoms with Crippen LogP contribution in [0.3, 0.4) is 0 Å². The quantitative estimate of drug-likeness (QED) is 0.648. The lowest BCUT2D eigenvalue weighted by Gasteiger charge is -2.13. The van der Waals surface area contributed by atoms with Gasteiger partial charge in [-0.3, -0.25) is 4.79 Å². The van der Waals surface area contributed by atoms with E-state index in [2.05, 4.69) is 20.6 Å². The van der Waals surface area contributed by atoms with Crippen molar-refractivity contribution in [3.63, 3.8) is 0 Å². The Morgan fingerprint density at radius 1 is 1.00 bits per heavy atom. The number of nitrogens with one attached hydrogen (secondary N) is 2. The van der Waals surface area contributed by atoms with Gasteiger partial charge in [-0.15, -0.1) is 0 Å². The number of carbonyl (C=O) groups excluding carboxylic acids is 1. The highest BCUT2D eigenvalue weighted by molar-refractivity contribution is 6.30. The van der Waals surface area contributed by atoms with Gasteiger partial charge in [0.25, 0.3) is 5.91 Å². The average Bonchev–Trinajstić information content (AvgIpc) is 2.64. The molecule has 0 aliphatic rings. The first kappa shape index (κ1) is 19.6. The van der Waals surface area contributed by atoms with E-state index in [1.165, 1.54) is 0 Å². The Morgan fingerprint density at radius 2 is 1.71 bits per heavy atom. The fourth-order valence-corrected chi connectivity index (χ4v) is 2.80. The lowest BCUT2D eigenvalue weighted by atomic mass is 10.2. The number of amides is 1. The molecular weight excluding hydrogens is 374 g/mol. The molecule has 1 heterocycles. The van der Waals surface area contributed by atoms with Crippen LogP contribution in [-0.4, -0.2) is 30.0 Å². The minimum Gasteiger partial charge on any atom is -0.378 e. The lowest BCUT2D eigenvalue weighted by molar-refractivity contribution is 0.102. The molecule has 7 heteroatoms. The fraction of sp³-hybridized carbons (Fsp3) is 0.190. The summed E-state index contributed by atoms with van der Waals surface area (Å²) in [7, 11) is 3.93. The first-order valence-electron chi connectivity index (χ1n) is 8.79. The van der Waals surface area contributed by atoms with E-state index in [1.54, 1.807) is 12.1 Å². The molecule has 3 aromatic rings. The second kappa shape index (κ2) is 8.27. The van der Waals surface area contributed by atoms with Gasteiger partial charge in [0, 0.05) is 41.9 Å². The van der Waals surface area contributed by atoms with Gasteiger partial charge < -0.3 is 15.5 Å². The van der Waals surface area contributed by atoms with Gasteiger partial charge in [0.2, 0.25) is 5.95 Å². The Bertz CT molecular complexity index is 1000. The van der Waals surface area contributed by atoms with Crippen molar-refractivity contribution in [1.29, 1.82) is 0 Å². The summed E-state index contributed by atoms with van der Waals surface area (Å²) >= 11 is 6.07. The second-order valence-corrected chi connectivity index (χ2v) is 7.13. The molecule has 0 aliphatic carbocycles. The number of rotatable bonds is 5. The highest BCUT2D eigenvalue weighted by Gasteiger charge is 2.12. The van der Waals surface area contributed by atoms with Crippen LogP contribution in [0, 0.1) is 13.8 Å². The van der Waals surface area contributed by atoms with Gasteiger partial charge in [0.05, 0.1) is 0 Å². The van der Waals surface area contributed by atoms with Gasteiger partial charge in [-0.2, -0.15) is 0 Å². The molecule has 28 heavy (non-hydrogen) atoms. The Balaban J connectivity index is 1.80. The summed E-state index contributed by atoms with van der Waals surface area (Å²) in [5.74, 6) is 0.0486. The second-order valence-electron chi connectivity index (χ2n) is 6.70. The maximum atomic E-state index is 12.7. The molecule has 0 bridgehead atoms. The number of aromatic nitrogens is 2. The highest BCUT2D eigenvalue weighted by Crippen LogP contribution is 2.23. The normalized spacial score (nSPS) is 10.5. The molecule has 144 valence electrons. The molecule has 0 saturated carbocycles. The molecule has 0 radical (unpaired) electrons. The van der Waals surface area contributed by atoms with Crippen LogP contribution >= 0.6 is 11.6 Å². The molecular formula is C21H22ClN5O. The fourth-order valence-electron chi connectivity index (χ4n) is 2.63. The van der Waals surface area contributed by atoms with Gasteiger partial charge in [-0.05, 0) is 61.9 Å². The summed E-state index contributed by atoms with van der Waals surface area (Å²) in [6.07, 6.45) is 0. The summed E-state index contributed by atoms with van der Waals surface area (Å²) in [6, 6.07) is 14.8. The molecule has 6 nitrogen and oxygen atoms in total. The molecule has 2 N–H and O–H groups in total. The van der Waals surface area contributed by atoms with Crippen molar-refractivity contribution in [2.75, 3.05) is 29.6 Å². The maximum absolute atomic E-state index is 12.7. The predicted octanol–water partition coefficient (Wildman–Crippen LogP) is 4.81. The maximum Gasteiger partial charge on any atom is 0.274 e. The summed E-state index contributed by atoms with van der Waals surface area (Å²) in [5.41, 5.74) is 4.52. The molecule has 0 spiro atoms. The van der Waals surface area contributed by atoms with E-state index in [4.69, 9.17) is 11.6 Å². The summed E-state index contributed by atoms with van der Waals surface area (Å²) in [6.45, 7) is 3.78. The Kier molecular flexibility index (Phi) is 5.80. The number of carbonyl (C=O) groups is 1. The number of nitrogens with zero attached hydrogens (tertiary/aromatic N) is 3. The van der Waals surface area contributed by atoms with Crippen molar-refractivity contribution in [3.8, 4) is 0 Å². The van der Waals surface area contributed by atoms with Gasteiger partial charge in [-0.1, -0.05) is 17.7 Å². The molecule has 0 atom stereocenters. The largest absolute Gasteiger partial charge is 0.378 e. The van der Waals surface area contributed by atoms with E-state index < -0.39 is 0 Å². The molecule has 1 aromatic heterocycles. The molecule has 3 rings (SSSR count). The van der Waals surface area contributed by atoms with Crippen molar-refractivity contribution >= 4 is 40.5 Å². The van der Waals surface area contributed by atoms with Crippen LogP contribution in [0.1, 0.15) is 21.7 Å². The van der Waals surface area contributed by atoms with Gasteiger partial charge >= 0.3 is 0 Å². The van der Waals surface area contributed by atoms with Crippen molar-refractivity contribution in [3.05, 3.63) is 70.5 Å². The third kappa shape index (κ3) is 4.78. The highest BCUT2D eigenvalue weighted by atomic mass is 35.5. The summed E-state index contributed by atoms with van der Waals surface area (Å²) < 4.78 is 0. The van der Waals surface area contributed by atoms with E-state index in [-0.39, 0.29) is 11.6 Å². The van der Waals surface area contributed by atoms with E-state index in [1.807, 2.05) is 69.2 Å². The van der Waals surface area contributed by atoms with Crippen LogP contribution in [-0.2, 0) is 0 Å². The molecule has 0 saturated heterocycles. The third-order valence-corrected chi connectivity index (χ3v) is 4.41. The van der Waals surface area contributed by atoms with E-state index >= 15 is 0 Å². The minimum atomic E-state index is -0.297. The smallest absolute Gasteiger partial charge is 0.274 e. The molecule has 0 aliphatic heterocycles. The van der Waals surface area contributed by atoms with Crippen LogP contribution in [0.25, 0.3) is 0 Å². The third-order valence-electron chi connectivity index (χ3n) is 4.17. The summed E-state index contributed by atoms with van der Waals surface area (Å²) in [5, 5.41) is 6.62. The summed E-state index contributed by atoms with van der Waals surface area (Å²) in [4.78, 5) is 23.4. The Morgan fingerprint density at radius 3 is 2.39 bits per heavy atom. The first-order valence-corrected chi connectivity index (χ1v) is 9.17. The number of hydrogen-bond acceptors (Lipinski definition) is 5. The van der Waals surface area contributed by atoms with Gasteiger partial charge in [0.15, 0.2) is 0 Å².